The van der Waals surface area contributed by atoms with Gasteiger partial charge in [-0.25, -0.2) is 4.79 Å². The van der Waals surface area contributed by atoms with Crippen LogP contribution in [-0.4, -0.2) is 25.8 Å². The highest BCUT2D eigenvalue weighted by Gasteiger charge is 2.23. The van der Waals surface area contributed by atoms with Gasteiger partial charge in [0.05, 0.1) is 23.1 Å². The fraction of sp³-hybridized carbons (Fsp3) is 0.314. The zero-order chi connectivity index (χ0) is 28.6. The fourth-order valence-corrected chi connectivity index (χ4v) is 5.34. The molecule has 0 fully saturated rings. The van der Waals surface area contributed by atoms with Crippen molar-refractivity contribution in [1.29, 1.82) is 0 Å². The van der Waals surface area contributed by atoms with Crippen molar-refractivity contribution in [3.05, 3.63) is 95.9 Å². The second-order valence-corrected chi connectivity index (χ2v) is 11.6. The maximum absolute atomic E-state index is 13.2. The van der Waals surface area contributed by atoms with Crippen molar-refractivity contribution < 1.29 is 9.53 Å². The van der Waals surface area contributed by atoms with Gasteiger partial charge in [0.1, 0.15) is 5.60 Å². The number of nitrogens with zero attached hydrogens (tertiary/aromatic N) is 3. The number of carbonyl (C=O) groups is 1. The van der Waals surface area contributed by atoms with E-state index in [0.29, 0.717) is 5.92 Å². The lowest BCUT2D eigenvalue weighted by Gasteiger charge is -2.20. The predicted molar refractivity (Wildman–Crippen MR) is 164 cm³/mol. The van der Waals surface area contributed by atoms with E-state index in [9.17, 15) is 4.79 Å². The van der Waals surface area contributed by atoms with Crippen LogP contribution in [0.5, 0.6) is 0 Å². The van der Waals surface area contributed by atoms with Crippen LogP contribution >= 0.6 is 0 Å². The first kappa shape index (κ1) is 27.4. The summed E-state index contributed by atoms with van der Waals surface area (Å²) in [5, 5.41) is 1.04. The summed E-state index contributed by atoms with van der Waals surface area (Å²) in [6.45, 7) is 14.4. The summed E-state index contributed by atoms with van der Waals surface area (Å²) in [5.41, 5.74) is 9.20. The highest BCUT2D eigenvalue weighted by molar-refractivity contribution is 5.99. The average Bonchev–Trinajstić information content (AvgIpc) is 3.56. The number of rotatable bonds is 6. The topological polar surface area (TPSA) is 49.0 Å². The smallest absolute Gasteiger partial charge is 0.418 e. The third-order valence-corrected chi connectivity index (χ3v) is 7.40. The lowest BCUT2D eigenvalue weighted by molar-refractivity contribution is 0.0540. The summed E-state index contributed by atoms with van der Waals surface area (Å²) in [7, 11) is 0. The van der Waals surface area contributed by atoms with Crippen LogP contribution in [0.25, 0.3) is 39.1 Å². The van der Waals surface area contributed by atoms with Gasteiger partial charge in [-0.05, 0) is 86.6 Å². The first-order valence-electron chi connectivity index (χ1n) is 14.2. The van der Waals surface area contributed by atoms with Gasteiger partial charge in [-0.1, -0.05) is 58.0 Å². The minimum absolute atomic E-state index is 0.395. The van der Waals surface area contributed by atoms with Crippen LogP contribution in [0, 0.1) is 0 Å². The number of carbonyl (C=O) groups excluding carboxylic acids is 1. The maximum Gasteiger partial charge on any atom is 0.418 e. The molecule has 0 saturated carbocycles. The maximum atomic E-state index is 13.2. The van der Waals surface area contributed by atoms with Crippen LogP contribution in [0.2, 0.25) is 0 Å². The molecule has 5 rings (SSSR count). The Morgan fingerprint density at radius 2 is 1.62 bits per heavy atom. The van der Waals surface area contributed by atoms with Crippen LogP contribution < -0.4 is 0 Å². The average molecular weight is 534 g/mol. The van der Waals surface area contributed by atoms with Gasteiger partial charge < -0.3 is 9.30 Å². The van der Waals surface area contributed by atoms with Crippen LogP contribution in [-0.2, 0) is 17.6 Å². The van der Waals surface area contributed by atoms with Gasteiger partial charge in [0.15, 0.2) is 0 Å². The number of hydrogen-bond donors (Lipinski definition) is 0. The molecule has 5 aromatic rings. The molecule has 0 aliphatic carbocycles. The Morgan fingerprint density at radius 1 is 0.950 bits per heavy atom. The van der Waals surface area contributed by atoms with E-state index in [0.717, 1.165) is 46.4 Å². The first-order valence-corrected chi connectivity index (χ1v) is 14.2. The highest BCUT2D eigenvalue weighted by atomic mass is 16.6. The molecule has 40 heavy (non-hydrogen) atoms. The summed E-state index contributed by atoms with van der Waals surface area (Å²) in [4.78, 5) is 18.2. The van der Waals surface area contributed by atoms with Crippen LogP contribution in [0.1, 0.15) is 71.1 Å². The lowest BCUT2D eigenvalue weighted by atomic mass is 9.94. The Labute approximate surface area is 237 Å². The molecule has 0 bridgehead atoms. The number of benzene rings is 2. The van der Waals surface area contributed by atoms with Crippen molar-refractivity contribution >= 4 is 17.0 Å². The lowest BCUT2D eigenvalue weighted by Crippen LogP contribution is -2.27. The number of hydrogen-bond acceptors (Lipinski definition) is 3. The molecule has 0 aliphatic heterocycles. The molecule has 206 valence electrons. The van der Waals surface area contributed by atoms with Gasteiger partial charge in [-0.3, -0.25) is 9.55 Å². The second-order valence-electron chi connectivity index (χ2n) is 11.6. The molecule has 3 aromatic heterocycles. The monoisotopic (exact) mass is 533 g/mol. The summed E-state index contributed by atoms with van der Waals surface area (Å²) < 4.78 is 9.51. The number of ether oxygens (including phenoxy) is 1. The fourth-order valence-electron chi connectivity index (χ4n) is 5.34. The van der Waals surface area contributed by atoms with Crippen molar-refractivity contribution in [2.45, 2.75) is 72.8 Å². The van der Waals surface area contributed by atoms with E-state index < -0.39 is 11.7 Å². The number of pyridine rings is 1. The van der Waals surface area contributed by atoms with Crippen molar-refractivity contribution in [3.8, 4) is 28.2 Å². The van der Waals surface area contributed by atoms with E-state index in [2.05, 4.69) is 87.0 Å². The second kappa shape index (κ2) is 10.8. The number of fused-ring (bicyclic) bond motifs is 1. The number of aromatic nitrogens is 3. The molecule has 0 radical (unpaired) electrons. The molecule has 5 heteroatoms. The Balaban J connectivity index is 1.75. The standard InChI is InChI=1S/C35H39N3O2/c1-8-24-12-10-13-25(9-2)33(24)30-20-28-29(31-14-11-19-37(31)34(39)40-35(5,6)7)22-38(32(28)21-36-30)27-17-15-26(16-18-27)23(3)4/h10-23H,8-9H2,1-7H3. The largest absolute Gasteiger partial charge is 0.443 e. The van der Waals surface area contributed by atoms with E-state index in [1.54, 1.807) is 10.8 Å². The highest BCUT2D eigenvalue weighted by Crippen LogP contribution is 2.37. The molecule has 0 aliphatic rings. The minimum Gasteiger partial charge on any atom is -0.443 e. The Hall–Kier alpha value is -4.12. The third-order valence-electron chi connectivity index (χ3n) is 7.40. The molecule has 5 nitrogen and oxygen atoms in total. The van der Waals surface area contributed by atoms with E-state index in [1.165, 1.54) is 22.3 Å². The summed E-state index contributed by atoms with van der Waals surface area (Å²) >= 11 is 0. The summed E-state index contributed by atoms with van der Waals surface area (Å²) in [6, 6.07) is 21.2. The number of aryl methyl sites for hydroxylation is 2. The van der Waals surface area contributed by atoms with Gasteiger partial charge in [0.2, 0.25) is 0 Å². The van der Waals surface area contributed by atoms with Crippen LogP contribution in [0.4, 0.5) is 4.79 Å². The molecule has 3 heterocycles. The molecular formula is C35H39N3O2. The molecule has 0 amide bonds. The van der Waals surface area contributed by atoms with E-state index in [-0.39, 0.29) is 0 Å². The molecule has 2 aromatic carbocycles. The normalized spacial score (nSPS) is 11.9. The summed E-state index contributed by atoms with van der Waals surface area (Å²) in [6.07, 6.45) is 7.32. The van der Waals surface area contributed by atoms with Crippen molar-refractivity contribution in [2.75, 3.05) is 0 Å². The van der Waals surface area contributed by atoms with Gasteiger partial charge >= 0.3 is 6.09 Å². The SMILES string of the molecule is CCc1cccc(CC)c1-c1cc2c(-c3cccn3C(=O)OC(C)(C)C)cn(-c3ccc(C(C)C)cc3)c2cn1. The van der Waals surface area contributed by atoms with Crippen LogP contribution in [0.15, 0.2) is 79.3 Å². The minimum atomic E-state index is -0.595. The van der Waals surface area contributed by atoms with Crippen molar-refractivity contribution in [3.63, 3.8) is 0 Å². The van der Waals surface area contributed by atoms with Crippen LogP contribution in [0.3, 0.4) is 0 Å². The zero-order valence-corrected chi connectivity index (χ0v) is 24.7. The third kappa shape index (κ3) is 5.21. The van der Waals surface area contributed by atoms with E-state index in [4.69, 9.17) is 9.72 Å². The molecule has 0 N–H and O–H groups in total. The molecule has 0 saturated heterocycles. The molecule has 0 spiro atoms. The molecule has 0 atom stereocenters. The van der Waals surface area contributed by atoms with E-state index in [1.807, 2.05) is 39.1 Å². The van der Waals surface area contributed by atoms with Gasteiger partial charge in [0, 0.05) is 34.6 Å². The Morgan fingerprint density at radius 3 is 2.23 bits per heavy atom. The quantitative estimate of drug-likeness (QED) is 0.219. The van der Waals surface area contributed by atoms with Crippen molar-refractivity contribution in [1.82, 2.24) is 14.1 Å². The molecular weight excluding hydrogens is 494 g/mol. The summed E-state index contributed by atoms with van der Waals surface area (Å²) in [5.74, 6) is 0.457. The van der Waals surface area contributed by atoms with Gasteiger partial charge in [0.25, 0.3) is 0 Å². The predicted octanol–water partition coefficient (Wildman–Crippen LogP) is 9.19. The zero-order valence-electron chi connectivity index (χ0n) is 24.7. The molecule has 0 unspecified atom stereocenters. The van der Waals surface area contributed by atoms with Gasteiger partial charge in [-0.15, -0.1) is 0 Å². The van der Waals surface area contributed by atoms with Crippen molar-refractivity contribution in [2.24, 2.45) is 0 Å². The van der Waals surface area contributed by atoms with E-state index >= 15 is 0 Å². The first-order chi connectivity index (χ1) is 19.1. The Bertz CT molecular complexity index is 1640. The van der Waals surface area contributed by atoms with Gasteiger partial charge in [-0.2, -0.15) is 0 Å². The Kier molecular flexibility index (Phi) is 7.41.